The van der Waals surface area contributed by atoms with Crippen LogP contribution in [0.5, 0.6) is 11.5 Å². The zero-order chi connectivity index (χ0) is 17.4. The number of ether oxygens (including phenoxy) is 1. The molecular weight excluding hydrogens is 327 g/mol. The van der Waals surface area contributed by atoms with E-state index in [0.29, 0.717) is 11.5 Å². The minimum atomic E-state index is -4.35. The highest BCUT2D eigenvalue weighted by atomic mass is 19.4. The number of alkyl halides is 3. The lowest BCUT2D eigenvalue weighted by molar-refractivity contribution is -0.137. The third kappa shape index (κ3) is 3.13. The molecule has 2 nitrogen and oxygen atoms in total. The molecule has 25 heavy (non-hydrogen) atoms. The molecule has 0 radical (unpaired) electrons. The Balaban J connectivity index is 1.66. The van der Waals surface area contributed by atoms with Crippen LogP contribution in [0, 0.1) is 0 Å². The van der Waals surface area contributed by atoms with Gasteiger partial charge in [-0.05, 0) is 48.5 Å². The van der Waals surface area contributed by atoms with Gasteiger partial charge >= 0.3 is 6.18 Å². The van der Waals surface area contributed by atoms with Crippen LogP contribution in [0.2, 0.25) is 0 Å². The number of benzene rings is 3. The van der Waals surface area contributed by atoms with Gasteiger partial charge in [0.25, 0.3) is 0 Å². The first-order valence-electron chi connectivity index (χ1n) is 7.64. The summed E-state index contributed by atoms with van der Waals surface area (Å²) in [7, 11) is 0. The van der Waals surface area contributed by atoms with Gasteiger partial charge in [-0.15, -0.1) is 0 Å². The Morgan fingerprint density at radius 2 is 1.36 bits per heavy atom. The molecule has 0 saturated carbocycles. The first kappa shape index (κ1) is 15.4. The molecule has 0 N–H and O–H groups in total. The number of hydrogen-bond donors (Lipinski definition) is 0. The molecule has 4 aromatic rings. The van der Waals surface area contributed by atoms with E-state index in [0.717, 1.165) is 33.9 Å². The summed E-state index contributed by atoms with van der Waals surface area (Å²) >= 11 is 0. The van der Waals surface area contributed by atoms with Crippen LogP contribution in [0.1, 0.15) is 5.56 Å². The van der Waals surface area contributed by atoms with Gasteiger partial charge in [-0.1, -0.05) is 18.2 Å². The second kappa shape index (κ2) is 5.77. The summed E-state index contributed by atoms with van der Waals surface area (Å²) < 4.78 is 43.5. The molecule has 1 aromatic heterocycles. The third-order valence-corrected chi connectivity index (χ3v) is 3.91. The van der Waals surface area contributed by atoms with Crippen molar-refractivity contribution in [3.05, 3.63) is 78.4 Å². The van der Waals surface area contributed by atoms with Crippen molar-refractivity contribution in [3.8, 4) is 11.5 Å². The monoisotopic (exact) mass is 339 g/mol. The summed E-state index contributed by atoms with van der Waals surface area (Å²) in [6.07, 6.45) is -4.35. The van der Waals surface area contributed by atoms with E-state index >= 15 is 0 Å². The molecule has 0 unspecified atom stereocenters. The molecule has 0 fully saturated rings. The lowest BCUT2D eigenvalue weighted by Crippen LogP contribution is -2.03. The third-order valence-electron chi connectivity index (χ3n) is 3.91. The lowest BCUT2D eigenvalue weighted by Gasteiger charge is -2.09. The maximum absolute atomic E-state index is 12.6. The van der Waals surface area contributed by atoms with Crippen molar-refractivity contribution in [3.63, 3.8) is 0 Å². The van der Waals surface area contributed by atoms with E-state index in [1.54, 1.807) is 12.1 Å². The summed E-state index contributed by atoms with van der Waals surface area (Å²) in [5, 5.41) is 2.02. The molecule has 4 rings (SSSR count). The van der Waals surface area contributed by atoms with Gasteiger partial charge in [0, 0.05) is 16.8 Å². The van der Waals surface area contributed by atoms with Gasteiger partial charge in [-0.25, -0.2) is 4.98 Å². The average molecular weight is 339 g/mol. The fourth-order valence-electron chi connectivity index (χ4n) is 2.66. The van der Waals surface area contributed by atoms with Crippen LogP contribution < -0.4 is 4.74 Å². The predicted octanol–water partition coefficient (Wildman–Crippen LogP) is 6.20. The SMILES string of the molecule is FC(F)(F)c1ccc(Oc2ccc3cc4ccccc4nc3c2)cc1. The zero-order valence-electron chi connectivity index (χ0n) is 12.9. The minimum absolute atomic E-state index is 0.341. The normalized spacial score (nSPS) is 11.8. The standard InChI is InChI=1S/C20H12F3NO/c21-20(22,23)15-6-9-16(10-7-15)25-17-8-5-14-11-13-3-1-2-4-18(13)24-19(14)12-17/h1-12H. The molecule has 0 saturated heterocycles. The summed E-state index contributed by atoms with van der Waals surface area (Å²) in [5.74, 6) is 0.864. The van der Waals surface area contributed by atoms with E-state index in [-0.39, 0.29) is 0 Å². The van der Waals surface area contributed by atoms with Gasteiger partial charge in [0.15, 0.2) is 0 Å². The van der Waals surface area contributed by atoms with Crippen LogP contribution >= 0.6 is 0 Å². The molecule has 0 bridgehead atoms. The first-order chi connectivity index (χ1) is 12.0. The number of nitrogens with zero attached hydrogens (tertiary/aromatic N) is 1. The Morgan fingerprint density at radius 3 is 2.12 bits per heavy atom. The highest BCUT2D eigenvalue weighted by molar-refractivity contribution is 5.93. The van der Waals surface area contributed by atoms with Crippen LogP contribution in [-0.4, -0.2) is 4.98 Å². The van der Waals surface area contributed by atoms with E-state index in [2.05, 4.69) is 4.98 Å². The van der Waals surface area contributed by atoms with Crippen molar-refractivity contribution in [2.45, 2.75) is 6.18 Å². The number of pyridine rings is 1. The van der Waals surface area contributed by atoms with Crippen LogP contribution in [0.15, 0.2) is 72.8 Å². The second-order valence-electron chi connectivity index (χ2n) is 5.66. The number of para-hydroxylation sites is 1. The zero-order valence-corrected chi connectivity index (χ0v) is 12.9. The molecule has 0 aliphatic heterocycles. The van der Waals surface area contributed by atoms with Gasteiger partial charge in [0.1, 0.15) is 11.5 Å². The first-order valence-corrected chi connectivity index (χ1v) is 7.64. The van der Waals surface area contributed by atoms with E-state index in [4.69, 9.17) is 4.74 Å². The van der Waals surface area contributed by atoms with Crippen molar-refractivity contribution in [1.29, 1.82) is 0 Å². The lowest BCUT2D eigenvalue weighted by atomic mass is 10.1. The Bertz CT molecular complexity index is 1060. The van der Waals surface area contributed by atoms with Crippen molar-refractivity contribution >= 4 is 21.8 Å². The van der Waals surface area contributed by atoms with Crippen molar-refractivity contribution in [2.75, 3.05) is 0 Å². The molecule has 1 heterocycles. The highest BCUT2D eigenvalue weighted by Gasteiger charge is 2.30. The Morgan fingerprint density at radius 1 is 0.680 bits per heavy atom. The smallest absolute Gasteiger partial charge is 0.416 e. The van der Waals surface area contributed by atoms with Crippen LogP contribution in [0.25, 0.3) is 21.8 Å². The fraction of sp³-hybridized carbons (Fsp3) is 0.0500. The molecule has 0 spiro atoms. The summed E-state index contributed by atoms with van der Waals surface area (Å²) in [4.78, 5) is 4.60. The number of hydrogen-bond acceptors (Lipinski definition) is 2. The summed E-state index contributed by atoms with van der Waals surface area (Å²) in [6, 6.07) is 19.9. The fourth-order valence-corrected chi connectivity index (χ4v) is 2.66. The van der Waals surface area contributed by atoms with E-state index < -0.39 is 11.7 Å². The molecular formula is C20H12F3NO. The van der Waals surface area contributed by atoms with Crippen molar-refractivity contribution < 1.29 is 17.9 Å². The van der Waals surface area contributed by atoms with Crippen LogP contribution in [-0.2, 0) is 6.18 Å². The molecule has 124 valence electrons. The quantitative estimate of drug-likeness (QED) is 0.406. The van der Waals surface area contributed by atoms with E-state index in [1.165, 1.54) is 12.1 Å². The number of fused-ring (bicyclic) bond motifs is 2. The highest BCUT2D eigenvalue weighted by Crippen LogP contribution is 2.32. The van der Waals surface area contributed by atoms with Gasteiger partial charge in [-0.3, -0.25) is 0 Å². The summed E-state index contributed by atoms with van der Waals surface area (Å²) in [6.45, 7) is 0. The van der Waals surface area contributed by atoms with Gasteiger partial charge < -0.3 is 4.74 Å². The number of aromatic nitrogens is 1. The maximum Gasteiger partial charge on any atom is 0.416 e. The molecule has 0 amide bonds. The number of rotatable bonds is 2. The van der Waals surface area contributed by atoms with Crippen LogP contribution in [0.4, 0.5) is 13.2 Å². The predicted molar refractivity (Wildman–Crippen MR) is 90.8 cm³/mol. The van der Waals surface area contributed by atoms with Crippen LogP contribution in [0.3, 0.4) is 0 Å². The Labute approximate surface area is 141 Å². The Kier molecular flexibility index (Phi) is 3.57. The van der Waals surface area contributed by atoms with Gasteiger partial charge in [0.05, 0.1) is 16.6 Å². The largest absolute Gasteiger partial charge is 0.457 e. The number of halogens is 3. The van der Waals surface area contributed by atoms with E-state index in [1.807, 2.05) is 36.4 Å². The average Bonchev–Trinajstić information content (AvgIpc) is 2.59. The molecule has 3 aromatic carbocycles. The molecule has 5 heteroatoms. The van der Waals surface area contributed by atoms with Crippen molar-refractivity contribution in [1.82, 2.24) is 4.98 Å². The molecule has 0 aliphatic rings. The summed E-state index contributed by atoms with van der Waals surface area (Å²) in [5.41, 5.74) is 0.941. The maximum atomic E-state index is 12.6. The topological polar surface area (TPSA) is 22.1 Å². The van der Waals surface area contributed by atoms with E-state index in [9.17, 15) is 13.2 Å². The van der Waals surface area contributed by atoms with Gasteiger partial charge in [0.2, 0.25) is 0 Å². The van der Waals surface area contributed by atoms with Gasteiger partial charge in [-0.2, -0.15) is 13.2 Å². The Hall–Kier alpha value is -3.08. The molecule has 0 atom stereocenters. The minimum Gasteiger partial charge on any atom is -0.457 e. The molecule has 0 aliphatic carbocycles. The second-order valence-corrected chi connectivity index (χ2v) is 5.66. The van der Waals surface area contributed by atoms with Crippen molar-refractivity contribution in [2.24, 2.45) is 0 Å².